The van der Waals surface area contributed by atoms with Crippen LogP contribution in [-0.4, -0.2) is 52.9 Å². The normalized spacial score (nSPS) is 22.7. The number of rotatable bonds is 8. The number of anilines is 2. The first-order valence-electron chi connectivity index (χ1n) is 15.4. The van der Waals surface area contributed by atoms with Gasteiger partial charge in [-0.25, -0.2) is 0 Å². The summed E-state index contributed by atoms with van der Waals surface area (Å²) < 4.78 is 39.0. The smallest absolute Gasteiger partial charge is 0.345 e. The van der Waals surface area contributed by atoms with E-state index in [1.54, 1.807) is 18.5 Å². The molecule has 5 nitrogen and oxygen atoms in total. The SMILES string of the molecule is CN(c1ccncc1)c1ccc(CN(C(=O)/C=C/c2ccc(C(F)(F)F)cc2)C2C[C@@H]3CN(C4CCCC4)C[C@@H]3C2)cc1. The van der Waals surface area contributed by atoms with Gasteiger partial charge in [0.05, 0.1) is 5.56 Å². The summed E-state index contributed by atoms with van der Waals surface area (Å²) in [6, 6.07) is 18.0. The molecular weight excluding hydrogens is 549 g/mol. The molecule has 1 unspecified atom stereocenters. The Morgan fingerprint density at radius 1 is 0.907 bits per heavy atom. The fraction of sp³-hybridized carbons (Fsp3) is 0.429. The Morgan fingerprint density at radius 3 is 2.12 bits per heavy atom. The molecule has 0 spiro atoms. The number of carbonyl (C=O) groups excluding carboxylic acids is 1. The molecule has 0 radical (unpaired) electrons. The predicted molar refractivity (Wildman–Crippen MR) is 164 cm³/mol. The molecule has 1 saturated heterocycles. The van der Waals surface area contributed by atoms with Crippen molar-refractivity contribution in [2.45, 2.75) is 63.3 Å². The second-order valence-electron chi connectivity index (χ2n) is 12.4. The van der Waals surface area contributed by atoms with Crippen LogP contribution in [-0.2, 0) is 17.5 Å². The zero-order chi connectivity index (χ0) is 30.0. The van der Waals surface area contributed by atoms with Gasteiger partial charge in [-0.3, -0.25) is 14.7 Å². The summed E-state index contributed by atoms with van der Waals surface area (Å²) in [6.07, 6.45) is 9.60. The molecule has 43 heavy (non-hydrogen) atoms. The van der Waals surface area contributed by atoms with E-state index in [1.807, 2.05) is 24.1 Å². The Morgan fingerprint density at radius 2 is 1.51 bits per heavy atom. The maximum atomic E-state index is 13.7. The van der Waals surface area contributed by atoms with E-state index in [2.05, 4.69) is 39.0 Å². The topological polar surface area (TPSA) is 39.7 Å². The van der Waals surface area contributed by atoms with Gasteiger partial charge in [-0.1, -0.05) is 37.1 Å². The van der Waals surface area contributed by atoms with Crippen LogP contribution < -0.4 is 4.90 Å². The molecule has 3 aromatic rings. The first-order chi connectivity index (χ1) is 20.7. The van der Waals surface area contributed by atoms with Gasteiger partial charge in [0, 0.05) is 68.6 Å². The summed E-state index contributed by atoms with van der Waals surface area (Å²) in [5.41, 5.74) is 3.00. The molecule has 2 aromatic carbocycles. The first-order valence-corrected chi connectivity index (χ1v) is 15.4. The van der Waals surface area contributed by atoms with Crippen LogP contribution in [0.25, 0.3) is 6.08 Å². The average molecular weight is 589 g/mol. The van der Waals surface area contributed by atoms with Gasteiger partial charge in [0.15, 0.2) is 0 Å². The van der Waals surface area contributed by atoms with Crippen LogP contribution in [0, 0.1) is 11.8 Å². The molecular formula is C35H39F3N4O. The molecule has 0 bridgehead atoms. The second kappa shape index (κ2) is 12.5. The summed E-state index contributed by atoms with van der Waals surface area (Å²) in [6.45, 7) is 2.75. The van der Waals surface area contributed by atoms with Crippen molar-refractivity contribution in [3.63, 3.8) is 0 Å². The van der Waals surface area contributed by atoms with Gasteiger partial charge < -0.3 is 9.80 Å². The van der Waals surface area contributed by atoms with Gasteiger partial charge in [0.25, 0.3) is 0 Å². The summed E-state index contributed by atoms with van der Waals surface area (Å²) in [7, 11) is 2.01. The summed E-state index contributed by atoms with van der Waals surface area (Å²) >= 11 is 0. The van der Waals surface area contributed by atoms with Gasteiger partial charge in [0.2, 0.25) is 5.91 Å². The Labute approximate surface area is 252 Å². The van der Waals surface area contributed by atoms with E-state index in [0.29, 0.717) is 23.9 Å². The van der Waals surface area contributed by atoms with Crippen LogP contribution in [0.4, 0.5) is 24.5 Å². The third-order valence-corrected chi connectivity index (χ3v) is 9.70. The molecule has 3 atom stereocenters. The highest BCUT2D eigenvalue weighted by atomic mass is 19.4. The number of halogens is 3. The predicted octanol–water partition coefficient (Wildman–Crippen LogP) is 7.56. The second-order valence-corrected chi connectivity index (χ2v) is 12.4. The minimum Gasteiger partial charge on any atom is -0.345 e. The molecule has 6 rings (SSSR count). The quantitative estimate of drug-likeness (QED) is 0.255. The van der Waals surface area contributed by atoms with E-state index >= 15 is 0 Å². The maximum absolute atomic E-state index is 13.7. The van der Waals surface area contributed by atoms with E-state index in [0.717, 1.165) is 61.0 Å². The lowest BCUT2D eigenvalue weighted by atomic mass is 10.0. The van der Waals surface area contributed by atoms with Crippen LogP contribution in [0.1, 0.15) is 55.2 Å². The minimum atomic E-state index is -4.38. The van der Waals surface area contributed by atoms with E-state index in [-0.39, 0.29) is 11.9 Å². The average Bonchev–Trinajstić information content (AvgIpc) is 3.76. The molecule has 0 N–H and O–H groups in total. The van der Waals surface area contributed by atoms with Gasteiger partial charge in [-0.05, 0) is 91.1 Å². The van der Waals surface area contributed by atoms with E-state index in [9.17, 15) is 18.0 Å². The van der Waals surface area contributed by atoms with Crippen molar-refractivity contribution in [2.24, 2.45) is 11.8 Å². The van der Waals surface area contributed by atoms with Crippen molar-refractivity contribution in [2.75, 3.05) is 25.0 Å². The van der Waals surface area contributed by atoms with Gasteiger partial charge in [0.1, 0.15) is 0 Å². The molecule has 226 valence electrons. The minimum absolute atomic E-state index is 0.101. The summed E-state index contributed by atoms with van der Waals surface area (Å²) in [5.74, 6) is 1.11. The Bertz CT molecular complexity index is 1390. The van der Waals surface area contributed by atoms with Crippen molar-refractivity contribution >= 4 is 23.4 Å². The molecule has 2 heterocycles. The fourth-order valence-electron chi connectivity index (χ4n) is 7.30. The van der Waals surface area contributed by atoms with Gasteiger partial charge in [-0.2, -0.15) is 13.2 Å². The largest absolute Gasteiger partial charge is 0.416 e. The molecule has 1 aliphatic heterocycles. The van der Waals surface area contributed by atoms with Crippen LogP contribution in [0.15, 0.2) is 79.1 Å². The lowest BCUT2D eigenvalue weighted by Crippen LogP contribution is -2.39. The van der Waals surface area contributed by atoms with Crippen LogP contribution in [0.2, 0.25) is 0 Å². The Hall–Kier alpha value is -3.65. The standard InChI is InChI=1S/C35H39F3N4O/c1-40(31-16-18-39-19-17-31)30-13-8-26(9-14-30)22-42(34(43)15-10-25-6-11-29(12-7-25)35(36,37)38)33-20-27-23-41(24-28(27)21-33)32-4-2-3-5-32/h6-19,27-28,32-33H,2-5,20-24H2,1H3/b15-10+/t27-,28+,33?. The highest BCUT2D eigenvalue weighted by Gasteiger charge is 2.45. The number of nitrogens with zero attached hydrogens (tertiary/aromatic N) is 4. The maximum Gasteiger partial charge on any atom is 0.416 e. The Kier molecular flexibility index (Phi) is 8.57. The van der Waals surface area contributed by atoms with Gasteiger partial charge in [-0.15, -0.1) is 0 Å². The summed E-state index contributed by atoms with van der Waals surface area (Å²) in [4.78, 5) is 24.6. The monoisotopic (exact) mass is 588 g/mol. The third kappa shape index (κ3) is 6.80. The highest BCUT2D eigenvalue weighted by molar-refractivity contribution is 5.92. The first kappa shape index (κ1) is 29.4. The number of amides is 1. The van der Waals surface area contributed by atoms with Gasteiger partial charge >= 0.3 is 6.18 Å². The number of carbonyl (C=O) groups is 1. The number of pyridine rings is 1. The van der Waals surface area contributed by atoms with Crippen molar-refractivity contribution in [3.05, 3.63) is 95.8 Å². The summed E-state index contributed by atoms with van der Waals surface area (Å²) in [5, 5.41) is 0. The molecule has 3 fully saturated rings. The van der Waals surface area contributed by atoms with Crippen molar-refractivity contribution in [1.29, 1.82) is 0 Å². The molecule has 8 heteroatoms. The lowest BCUT2D eigenvalue weighted by Gasteiger charge is -2.31. The van der Waals surface area contributed by atoms with E-state index in [1.165, 1.54) is 43.9 Å². The highest BCUT2D eigenvalue weighted by Crippen LogP contribution is 2.43. The van der Waals surface area contributed by atoms with Crippen LogP contribution in [0.3, 0.4) is 0 Å². The molecule has 2 saturated carbocycles. The van der Waals surface area contributed by atoms with Crippen molar-refractivity contribution in [1.82, 2.24) is 14.8 Å². The Balaban J connectivity index is 1.17. The number of benzene rings is 2. The molecule has 3 aliphatic rings. The fourth-order valence-corrected chi connectivity index (χ4v) is 7.30. The zero-order valence-electron chi connectivity index (χ0n) is 24.6. The van der Waals surface area contributed by atoms with Crippen LogP contribution in [0.5, 0.6) is 0 Å². The van der Waals surface area contributed by atoms with E-state index in [4.69, 9.17) is 0 Å². The van der Waals surface area contributed by atoms with Crippen molar-refractivity contribution in [3.8, 4) is 0 Å². The number of hydrogen-bond donors (Lipinski definition) is 0. The number of alkyl halides is 3. The number of likely N-dealkylation sites (tertiary alicyclic amines) is 1. The number of hydrogen-bond acceptors (Lipinski definition) is 4. The molecule has 1 amide bonds. The zero-order valence-corrected chi connectivity index (χ0v) is 24.6. The number of fused-ring (bicyclic) bond motifs is 1. The van der Waals surface area contributed by atoms with Crippen molar-refractivity contribution < 1.29 is 18.0 Å². The molecule has 1 aromatic heterocycles. The lowest BCUT2D eigenvalue weighted by molar-refractivity contribution is -0.137. The molecule has 2 aliphatic carbocycles. The number of aromatic nitrogens is 1. The van der Waals surface area contributed by atoms with Crippen LogP contribution >= 0.6 is 0 Å². The third-order valence-electron chi connectivity index (χ3n) is 9.70. The van der Waals surface area contributed by atoms with E-state index < -0.39 is 11.7 Å².